The highest BCUT2D eigenvalue weighted by molar-refractivity contribution is 5.28. The summed E-state index contributed by atoms with van der Waals surface area (Å²) in [5.74, 6) is 1.12. The third-order valence-electron chi connectivity index (χ3n) is 2.83. The quantitative estimate of drug-likeness (QED) is 0.776. The van der Waals surface area contributed by atoms with Crippen molar-refractivity contribution >= 4 is 0 Å². The van der Waals surface area contributed by atoms with E-state index < -0.39 is 0 Å². The van der Waals surface area contributed by atoms with Crippen molar-refractivity contribution < 1.29 is 0 Å². The fourth-order valence-electron chi connectivity index (χ4n) is 1.71. The number of nitrogens with two attached hydrogens (primary N) is 1. The van der Waals surface area contributed by atoms with E-state index in [1.165, 1.54) is 11.1 Å². The third-order valence-corrected chi connectivity index (χ3v) is 2.83. The zero-order valence-corrected chi connectivity index (χ0v) is 9.46. The van der Waals surface area contributed by atoms with Crippen LogP contribution < -0.4 is 5.73 Å². The van der Waals surface area contributed by atoms with E-state index in [9.17, 15) is 0 Å². The molecule has 0 bridgehead atoms. The monoisotopic (exact) mass is 191 g/mol. The maximum atomic E-state index is 5.74. The van der Waals surface area contributed by atoms with Gasteiger partial charge in [-0.05, 0) is 35.9 Å². The van der Waals surface area contributed by atoms with Crippen molar-refractivity contribution in [2.75, 3.05) is 6.54 Å². The summed E-state index contributed by atoms with van der Waals surface area (Å²) in [6.07, 6.45) is 1.12. The molecule has 78 valence electrons. The van der Waals surface area contributed by atoms with Crippen LogP contribution in [0.4, 0.5) is 0 Å². The average Bonchev–Trinajstić information content (AvgIpc) is 2.20. The second-order valence-corrected chi connectivity index (χ2v) is 4.17. The summed E-state index contributed by atoms with van der Waals surface area (Å²) in [7, 11) is 0. The Bertz CT molecular complexity index is 274. The maximum Gasteiger partial charge on any atom is -0.000834 e. The summed E-state index contributed by atoms with van der Waals surface area (Å²) < 4.78 is 0. The first kappa shape index (κ1) is 11.3. The van der Waals surface area contributed by atoms with Gasteiger partial charge in [0.2, 0.25) is 0 Å². The van der Waals surface area contributed by atoms with Gasteiger partial charge in [0.25, 0.3) is 0 Å². The molecule has 0 aliphatic carbocycles. The Balaban J connectivity index is 2.92. The summed E-state index contributed by atoms with van der Waals surface area (Å²) in [6.45, 7) is 7.39. The van der Waals surface area contributed by atoms with Gasteiger partial charge >= 0.3 is 0 Å². The lowest BCUT2D eigenvalue weighted by molar-refractivity contribution is 0.672. The van der Waals surface area contributed by atoms with Gasteiger partial charge in [0.1, 0.15) is 0 Å². The van der Waals surface area contributed by atoms with Crippen LogP contribution in [0, 0.1) is 0 Å². The Morgan fingerprint density at radius 2 is 1.86 bits per heavy atom. The van der Waals surface area contributed by atoms with Crippen LogP contribution in [0.15, 0.2) is 24.3 Å². The molecule has 14 heavy (non-hydrogen) atoms. The van der Waals surface area contributed by atoms with Crippen LogP contribution in [0.3, 0.4) is 0 Å². The van der Waals surface area contributed by atoms with Gasteiger partial charge in [0, 0.05) is 0 Å². The van der Waals surface area contributed by atoms with Gasteiger partial charge in [-0.25, -0.2) is 0 Å². The van der Waals surface area contributed by atoms with Gasteiger partial charge in [0.05, 0.1) is 0 Å². The fraction of sp³-hybridized carbons (Fsp3) is 0.538. The van der Waals surface area contributed by atoms with E-state index in [-0.39, 0.29) is 0 Å². The zero-order valence-electron chi connectivity index (χ0n) is 9.46. The maximum absolute atomic E-state index is 5.74. The predicted octanol–water partition coefficient (Wildman–Crippen LogP) is 3.26. The normalized spacial score (nSPS) is 13.2. The summed E-state index contributed by atoms with van der Waals surface area (Å²) in [5, 5.41) is 0. The SMILES string of the molecule is CC[C@@H](CN)c1cccc(C(C)C)c1. The van der Waals surface area contributed by atoms with E-state index in [4.69, 9.17) is 5.73 Å². The molecule has 0 unspecified atom stereocenters. The van der Waals surface area contributed by atoms with Gasteiger partial charge in [-0.15, -0.1) is 0 Å². The molecule has 1 nitrogen and oxygen atoms in total. The number of rotatable bonds is 4. The van der Waals surface area contributed by atoms with Crippen LogP contribution in [0.25, 0.3) is 0 Å². The number of hydrogen-bond acceptors (Lipinski definition) is 1. The first-order chi connectivity index (χ1) is 6.69. The van der Waals surface area contributed by atoms with Gasteiger partial charge in [-0.1, -0.05) is 45.0 Å². The van der Waals surface area contributed by atoms with Crippen LogP contribution in [-0.4, -0.2) is 6.54 Å². The molecule has 0 heterocycles. The van der Waals surface area contributed by atoms with E-state index >= 15 is 0 Å². The number of benzene rings is 1. The highest BCUT2D eigenvalue weighted by atomic mass is 14.5. The highest BCUT2D eigenvalue weighted by Gasteiger charge is 2.08. The fourth-order valence-corrected chi connectivity index (χ4v) is 1.71. The van der Waals surface area contributed by atoms with E-state index in [1.807, 2.05) is 0 Å². The Hall–Kier alpha value is -0.820. The first-order valence-corrected chi connectivity index (χ1v) is 5.49. The Labute approximate surface area is 87.3 Å². The molecule has 1 atom stereocenters. The second kappa shape index (κ2) is 5.16. The minimum Gasteiger partial charge on any atom is -0.330 e. The van der Waals surface area contributed by atoms with Crippen molar-refractivity contribution in [3.05, 3.63) is 35.4 Å². The minimum atomic E-state index is 0.522. The standard InChI is InChI=1S/C13H21N/c1-4-11(9-14)13-7-5-6-12(8-13)10(2)3/h5-8,10-11H,4,9,14H2,1-3H3/t11-/m0/s1. The van der Waals surface area contributed by atoms with Crippen molar-refractivity contribution in [2.24, 2.45) is 5.73 Å². The molecule has 0 saturated carbocycles. The summed E-state index contributed by atoms with van der Waals surface area (Å²) in [6, 6.07) is 8.82. The molecule has 0 saturated heterocycles. The smallest absolute Gasteiger partial charge is 0.000834 e. The van der Waals surface area contributed by atoms with Crippen molar-refractivity contribution in [3.8, 4) is 0 Å². The second-order valence-electron chi connectivity index (χ2n) is 4.17. The molecule has 0 amide bonds. The Kier molecular flexibility index (Phi) is 4.15. The summed E-state index contributed by atoms with van der Waals surface area (Å²) >= 11 is 0. The van der Waals surface area contributed by atoms with Crippen LogP contribution in [0.2, 0.25) is 0 Å². The lowest BCUT2D eigenvalue weighted by Crippen LogP contribution is -2.11. The van der Waals surface area contributed by atoms with Crippen molar-refractivity contribution in [3.63, 3.8) is 0 Å². The molecule has 0 aromatic heterocycles. The molecule has 1 rings (SSSR count). The molecule has 1 aromatic rings. The van der Waals surface area contributed by atoms with Gasteiger partial charge in [-0.2, -0.15) is 0 Å². The summed E-state index contributed by atoms with van der Waals surface area (Å²) in [4.78, 5) is 0. The molecular formula is C13H21N. The molecule has 1 aromatic carbocycles. The van der Waals surface area contributed by atoms with Gasteiger partial charge in [-0.3, -0.25) is 0 Å². The van der Waals surface area contributed by atoms with Crippen LogP contribution in [0.1, 0.15) is 50.2 Å². The lowest BCUT2D eigenvalue weighted by atomic mass is 9.92. The topological polar surface area (TPSA) is 26.0 Å². The zero-order chi connectivity index (χ0) is 10.6. The van der Waals surface area contributed by atoms with E-state index in [1.54, 1.807) is 0 Å². The molecule has 0 spiro atoms. The molecule has 0 radical (unpaired) electrons. The molecule has 0 aliphatic rings. The predicted molar refractivity (Wildman–Crippen MR) is 62.6 cm³/mol. The molecule has 2 N–H and O–H groups in total. The Morgan fingerprint density at radius 3 is 2.36 bits per heavy atom. The van der Waals surface area contributed by atoms with Crippen LogP contribution in [0.5, 0.6) is 0 Å². The van der Waals surface area contributed by atoms with E-state index in [0.29, 0.717) is 11.8 Å². The molecular weight excluding hydrogens is 170 g/mol. The third kappa shape index (κ3) is 2.58. The average molecular weight is 191 g/mol. The van der Waals surface area contributed by atoms with Crippen LogP contribution >= 0.6 is 0 Å². The number of hydrogen-bond donors (Lipinski definition) is 1. The molecule has 1 heteroatoms. The largest absolute Gasteiger partial charge is 0.330 e. The molecule has 0 aliphatic heterocycles. The Morgan fingerprint density at radius 1 is 1.21 bits per heavy atom. The molecule has 0 fully saturated rings. The van der Waals surface area contributed by atoms with Crippen LogP contribution in [-0.2, 0) is 0 Å². The van der Waals surface area contributed by atoms with Crippen molar-refractivity contribution in [2.45, 2.75) is 39.0 Å². The minimum absolute atomic E-state index is 0.522. The summed E-state index contributed by atoms with van der Waals surface area (Å²) in [5.41, 5.74) is 8.54. The van der Waals surface area contributed by atoms with Gasteiger partial charge in [0.15, 0.2) is 0 Å². The van der Waals surface area contributed by atoms with E-state index in [0.717, 1.165) is 13.0 Å². The van der Waals surface area contributed by atoms with Gasteiger partial charge < -0.3 is 5.73 Å². The highest BCUT2D eigenvalue weighted by Crippen LogP contribution is 2.22. The van der Waals surface area contributed by atoms with Crippen molar-refractivity contribution in [1.82, 2.24) is 0 Å². The lowest BCUT2D eigenvalue weighted by Gasteiger charge is -2.15. The first-order valence-electron chi connectivity index (χ1n) is 5.49. The van der Waals surface area contributed by atoms with E-state index in [2.05, 4.69) is 45.0 Å². The van der Waals surface area contributed by atoms with Crippen molar-refractivity contribution in [1.29, 1.82) is 0 Å².